The summed E-state index contributed by atoms with van der Waals surface area (Å²) in [5, 5.41) is 4.78. The summed E-state index contributed by atoms with van der Waals surface area (Å²) >= 11 is 8.92. The normalized spacial score (nSPS) is 13.3. The van der Waals surface area contributed by atoms with E-state index < -0.39 is 0 Å². The van der Waals surface area contributed by atoms with Crippen LogP contribution in [0, 0.1) is 0 Å². The maximum atomic E-state index is 12.9. The van der Waals surface area contributed by atoms with Gasteiger partial charge in [0.2, 0.25) is 5.91 Å². The fourth-order valence-corrected chi connectivity index (χ4v) is 5.96. The van der Waals surface area contributed by atoms with Crippen LogP contribution in [0.1, 0.15) is 28.8 Å². The standard InChI is InChI=1S/C21H22ClN3O3S2/c1-25-20(27)18-14-5-3-4-6-16(14)30-19(18)24-21(25)29-11-17(26)23-10-12-9-13(22)7-8-15(12)28-2/h7-9H,3-6,10-11H2,1-2H3,(H,23,26). The summed E-state index contributed by atoms with van der Waals surface area (Å²) < 4.78 is 6.86. The molecule has 0 aliphatic heterocycles. The molecule has 0 bridgehead atoms. The molecule has 2 aromatic heterocycles. The van der Waals surface area contributed by atoms with Gasteiger partial charge < -0.3 is 10.1 Å². The molecule has 1 amide bonds. The van der Waals surface area contributed by atoms with Crippen LogP contribution in [0.5, 0.6) is 5.75 Å². The van der Waals surface area contributed by atoms with Crippen molar-refractivity contribution in [3.05, 3.63) is 49.6 Å². The van der Waals surface area contributed by atoms with E-state index in [0.717, 1.165) is 35.0 Å². The van der Waals surface area contributed by atoms with Crippen LogP contribution in [0.4, 0.5) is 0 Å². The molecule has 4 rings (SSSR count). The van der Waals surface area contributed by atoms with Gasteiger partial charge in [-0.05, 0) is 49.4 Å². The van der Waals surface area contributed by atoms with E-state index in [1.54, 1.807) is 48.3 Å². The van der Waals surface area contributed by atoms with E-state index in [9.17, 15) is 9.59 Å². The molecule has 30 heavy (non-hydrogen) atoms. The number of nitrogens with one attached hydrogen (secondary N) is 1. The van der Waals surface area contributed by atoms with Crippen LogP contribution in [0.25, 0.3) is 10.2 Å². The number of thiophene rings is 1. The van der Waals surface area contributed by atoms with E-state index in [1.165, 1.54) is 28.6 Å². The molecule has 0 radical (unpaired) electrons. The third-order valence-electron chi connectivity index (χ3n) is 5.21. The van der Waals surface area contributed by atoms with Crippen LogP contribution in [0.2, 0.25) is 5.02 Å². The first-order valence-corrected chi connectivity index (χ1v) is 11.9. The van der Waals surface area contributed by atoms with Gasteiger partial charge in [-0.1, -0.05) is 23.4 Å². The van der Waals surface area contributed by atoms with Crippen LogP contribution in [-0.4, -0.2) is 28.3 Å². The number of ether oxygens (including phenoxy) is 1. The number of rotatable bonds is 6. The number of hydrogen-bond donors (Lipinski definition) is 1. The zero-order chi connectivity index (χ0) is 21.3. The van der Waals surface area contributed by atoms with E-state index in [-0.39, 0.29) is 17.2 Å². The summed E-state index contributed by atoms with van der Waals surface area (Å²) in [5.74, 6) is 0.685. The lowest BCUT2D eigenvalue weighted by Crippen LogP contribution is -2.26. The average Bonchev–Trinajstić information content (AvgIpc) is 3.12. The van der Waals surface area contributed by atoms with E-state index in [2.05, 4.69) is 5.32 Å². The monoisotopic (exact) mass is 463 g/mol. The maximum absolute atomic E-state index is 12.9. The highest BCUT2D eigenvalue weighted by atomic mass is 35.5. The number of thioether (sulfide) groups is 1. The van der Waals surface area contributed by atoms with Gasteiger partial charge in [0.25, 0.3) is 5.56 Å². The van der Waals surface area contributed by atoms with Crippen molar-refractivity contribution in [3.63, 3.8) is 0 Å². The number of aryl methyl sites for hydroxylation is 2. The summed E-state index contributed by atoms with van der Waals surface area (Å²) in [7, 11) is 3.30. The fraction of sp³-hybridized carbons (Fsp3) is 0.381. The SMILES string of the molecule is COc1ccc(Cl)cc1CNC(=O)CSc1nc2sc3c(c2c(=O)n1C)CCCC3. The lowest BCUT2D eigenvalue weighted by molar-refractivity contribution is -0.118. The molecule has 1 aromatic carbocycles. The molecule has 0 saturated carbocycles. The molecule has 0 unspecified atom stereocenters. The quantitative estimate of drug-likeness (QED) is 0.442. The van der Waals surface area contributed by atoms with Crippen LogP contribution in [0.3, 0.4) is 0 Å². The molecule has 0 saturated heterocycles. The number of methoxy groups -OCH3 is 1. The van der Waals surface area contributed by atoms with Crippen molar-refractivity contribution in [1.82, 2.24) is 14.9 Å². The second kappa shape index (κ2) is 8.99. The molecule has 2 heterocycles. The lowest BCUT2D eigenvalue weighted by Gasteiger charge is -2.11. The maximum Gasteiger partial charge on any atom is 0.262 e. The highest BCUT2D eigenvalue weighted by molar-refractivity contribution is 7.99. The van der Waals surface area contributed by atoms with Crippen LogP contribution < -0.4 is 15.6 Å². The third-order valence-corrected chi connectivity index (χ3v) is 7.66. The number of aromatic nitrogens is 2. The molecule has 1 aliphatic carbocycles. The Hall–Kier alpha value is -2.03. The number of benzene rings is 1. The second-order valence-electron chi connectivity index (χ2n) is 7.17. The van der Waals surface area contributed by atoms with Crippen molar-refractivity contribution < 1.29 is 9.53 Å². The minimum absolute atomic E-state index is 0.0222. The molecule has 158 valence electrons. The number of carbonyl (C=O) groups is 1. The first kappa shape index (κ1) is 21.2. The summed E-state index contributed by atoms with van der Waals surface area (Å²) in [6, 6.07) is 5.28. The van der Waals surface area contributed by atoms with Crippen molar-refractivity contribution in [1.29, 1.82) is 0 Å². The summed E-state index contributed by atoms with van der Waals surface area (Å²) in [4.78, 5) is 32.1. The number of carbonyl (C=O) groups excluding carboxylic acids is 1. The van der Waals surface area contributed by atoms with Crippen molar-refractivity contribution in [2.24, 2.45) is 7.05 Å². The molecule has 6 nitrogen and oxygen atoms in total. The Bertz CT molecular complexity index is 1170. The Kier molecular flexibility index (Phi) is 6.36. The molecule has 0 fully saturated rings. The minimum Gasteiger partial charge on any atom is -0.496 e. The number of hydrogen-bond acceptors (Lipinski definition) is 6. The highest BCUT2D eigenvalue weighted by Crippen LogP contribution is 2.34. The van der Waals surface area contributed by atoms with Crippen LogP contribution in [0.15, 0.2) is 28.2 Å². The van der Waals surface area contributed by atoms with E-state index >= 15 is 0 Å². The van der Waals surface area contributed by atoms with Gasteiger partial charge in [0.15, 0.2) is 5.16 Å². The number of nitrogens with zero attached hydrogens (tertiary/aromatic N) is 2. The molecular weight excluding hydrogens is 442 g/mol. The zero-order valence-electron chi connectivity index (χ0n) is 16.8. The van der Waals surface area contributed by atoms with Gasteiger partial charge in [0.1, 0.15) is 10.6 Å². The molecule has 0 atom stereocenters. The van der Waals surface area contributed by atoms with Gasteiger partial charge in [0.05, 0.1) is 18.2 Å². The number of amides is 1. The van der Waals surface area contributed by atoms with Crippen molar-refractivity contribution in [3.8, 4) is 5.75 Å². The van der Waals surface area contributed by atoms with Crippen molar-refractivity contribution in [2.45, 2.75) is 37.4 Å². The molecule has 1 aliphatic rings. The predicted octanol–water partition coefficient (Wildman–Crippen LogP) is 3.94. The molecule has 0 spiro atoms. The number of fused-ring (bicyclic) bond motifs is 3. The zero-order valence-corrected chi connectivity index (χ0v) is 19.2. The van der Waals surface area contributed by atoms with Gasteiger partial charge in [-0.2, -0.15) is 0 Å². The largest absolute Gasteiger partial charge is 0.496 e. The Morgan fingerprint density at radius 3 is 2.97 bits per heavy atom. The predicted molar refractivity (Wildman–Crippen MR) is 122 cm³/mol. The number of halogens is 1. The van der Waals surface area contributed by atoms with Crippen molar-refractivity contribution >= 4 is 50.8 Å². The third kappa shape index (κ3) is 4.22. The van der Waals surface area contributed by atoms with Gasteiger partial charge in [-0.15, -0.1) is 11.3 Å². The molecule has 1 N–H and O–H groups in total. The summed E-state index contributed by atoms with van der Waals surface area (Å²) in [6.45, 7) is 0.312. The smallest absolute Gasteiger partial charge is 0.262 e. The van der Waals surface area contributed by atoms with E-state index in [0.29, 0.717) is 22.5 Å². The molecular formula is C21H22ClN3O3S2. The Morgan fingerprint density at radius 2 is 2.17 bits per heavy atom. The Morgan fingerprint density at radius 1 is 1.37 bits per heavy atom. The van der Waals surface area contributed by atoms with E-state index in [1.807, 2.05) is 0 Å². The van der Waals surface area contributed by atoms with Gasteiger partial charge in [-0.3, -0.25) is 14.2 Å². The highest BCUT2D eigenvalue weighted by Gasteiger charge is 2.21. The minimum atomic E-state index is -0.151. The fourth-order valence-electron chi connectivity index (χ4n) is 3.66. The molecule has 9 heteroatoms. The van der Waals surface area contributed by atoms with Gasteiger partial charge >= 0.3 is 0 Å². The van der Waals surface area contributed by atoms with Crippen LogP contribution in [-0.2, 0) is 31.2 Å². The van der Waals surface area contributed by atoms with Crippen molar-refractivity contribution in [2.75, 3.05) is 12.9 Å². The topological polar surface area (TPSA) is 73.2 Å². The molecule has 3 aromatic rings. The lowest BCUT2D eigenvalue weighted by atomic mass is 9.97. The summed E-state index contributed by atoms with van der Waals surface area (Å²) in [5.41, 5.74) is 1.96. The van der Waals surface area contributed by atoms with Gasteiger partial charge in [-0.25, -0.2) is 4.98 Å². The van der Waals surface area contributed by atoms with Crippen LogP contribution >= 0.6 is 34.7 Å². The first-order chi connectivity index (χ1) is 14.5. The Labute approximate surface area is 187 Å². The summed E-state index contributed by atoms with van der Waals surface area (Å²) in [6.07, 6.45) is 4.26. The Balaban J connectivity index is 1.46. The first-order valence-electron chi connectivity index (χ1n) is 9.71. The second-order valence-corrected chi connectivity index (χ2v) is 9.63. The van der Waals surface area contributed by atoms with E-state index in [4.69, 9.17) is 21.3 Å². The average molecular weight is 464 g/mol. The van der Waals surface area contributed by atoms with Gasteiger partial charge in [0, 0.05) is 29.1 Å².